The third kappa shape index (κ3) is 2.87. The number of rotatable bonds is 3. The lowest BCUT2D eigenvalue weighted by Gasteiger charge is -2.26. The molecule has 1 aliphatic rings. The molecule has 4 nitrogen and oxygen atoms in total. The monoisotopic (exact) mass is 382 g/mol. The van der Waals surface area contributed by atoms with Crippen LogP contribution in [0.1, 0.15) is 29.0 Å². The van der Waals surface area contributed by atoms with E-state index in [9.17, 15) is 0 Å². The summed E-state index contributed by atoms with van der Waals surface area (Å²) in [4.78, 5) is 6.64. The maximum atomic E-state index is 6.20. The number of hydrogen-bond donors (Lipinski definition) is 1. The quantitative estimate of drug-likeness (QED) is 0.679. The fourth-order valence-electron chi connectivity index (χ4n) is 3.48. The molecule has 1 aliphatic heterocycles. The van der Waals surface area contributed by atoms with Crippen molar-refractivity contribution in [2.24, 2.45) is 0 Å². The van der Waals surface area contributed by atoms with Crippen LogP contribution in [0.4, 0.5) is 0 Å². The van der Waals surface area contributed by atoms with Crippen molar-refractivity contribution in [2.45, 2.75) is 19.0 Å². The topological polar surface area (TPSA) is 33.1 Å². The van der Waals surface area contributed by atoms with Crippen LogP contribution in [0.2, 0.25) is 5.02 Å². The normalized spacial score (nSPS) is 19.7. The van der Waals surface area contributed by atoms with Gasteiger partial charge in [0.25, 0.3) is 0 Å². The van der Waals surface area contributed by atoms with E-state index in [1.54, 1.807) is 0 Å². The van der Waals surface area contributed by atoms with Crippen molar-refractivity contribution in [1.82, 2.24) is 19.8 Å². The van der Waals surface area contributed by atoms with Crippen LogP contribution in [0.25, 0.3) is 5.69 Å². The van der Waals surface area contributed by atoms with E-state index in [0.717, 1.165) is 32.8 Å². The zero-order valence-corrected chi connectivity index (χ0v) is 16.1. The number of pyridine rings is 1. The number of likely N-dealkylation sites (N-methyl/N-ethyl adjacent to an activating group) is 1. The van der Waals surface area contributed by atoms with Gasteiger partial charge in [0, 0.05) is 35.8 Å². The van der Waals surface area contributed by atoms with Gasteiger partial charge in [0.1, 0.15) is 0 Å². The molecule has 0 bridgehead atoms. The molecule has 2 atom stereocenters. The first-order chi connectivity index (χ1) is 12.6. The molecular formula is C20H19ClN4S. The van der Waals surface area contributed by atoms with E-state index in [1.165, 1.54) is 0 Å². The van der Waals surface area contributed by atoms with Crippen LogP contribution in [0.3, 0.4) is 0 Å². The van der Waals surface area contributed by atoms with Crippen molar-refractivity contribution in [1.29, 1.82) is 0 Å². The predicted molar refractivity (Wildman–Crippen MR) is 109 cm³/mol. The van der Waals surface area contributed by atoms with Gasteiger partial charge in [-0.1, -0.05) is 17.7 Å². The van der Waals surface area contributed by atoms with Gasteiger partial charge >= 0.3 is 0 Å². The Morgan fingerprint density at radius 2 is 2.00 bits per heavy atom. The zero-order chi connectivity index (χ0) is 18.3. The first kappa shape index (κ1) is 17.1. The van der Waals surface area contributed by atoms with Crippen LogP contribution in [0.5, 0.6) is 0 Å². The summed E-state index contributed by atoms with van der Waals surface area (Å²) < 4.78 is 2.19. The standard InChI is InChI=1S/C20H19ClN4S/c1-13-12-14(8-9-15(13)21)25-11-5-7-17(25)19-18(23-20(26)24(19)2)16-6-3-4-10-22-16/h3-12,18-19H,1-2H3,(H,23,26)/t18-,19+/m0/s1. The molecule has 6 heteroatoms. The van der Waals surface area contributed by atoms with E-state index in [1.807, 2.05) is 50.5 Å². The molecule has 3 aromatic rings. The number of aromatic nitrogens is 2. The molecule has 2 aromatic heterocycles. The molecule has 0 spiro atoms. The number of nitrogens with zero attached hydrogens (tertiary/aromatic N) is 3. The van der Waals surface area contributed by atoms with E-state index in [2.05, 4.69) is 44.2 Å². The second-order valence-corrected chi connectivity index (χ2v) is 7.27. The molecule has 1 N–H and O–H groups in total. The fraction of sp³-hybridized carbons (Fsp3) is 0.200. The van der Waals surface area contributed by atoms with Gasteiger partial charge in [0.15, 0.2) is 5.11 Å². The highest BCUT2D eigenvalue weighted by Crippen LogP contribution is 2.38. The number of thiocarbonyl (C=S) groups is 1. The van der Waals surface area contributed by atoms with Crippen LogP contribution in [0.15, 0.2) is 60.9 Å². The van der Waals surface area contributed by atoms with Crippen molar-refractivity contribution in [3.63, 3.8) is 0 Å². The molecule has 0 unspecified atom stereocenters. The average Bonchev–Trinajstić information content (AvgIpc) is 3.23. The molecule has 0 saturated carbocycles. The van der Waals surface area contributed by atoms with Crippen LogP contribution in [-0.2, 0) is 0 Å². The average molecular weight is 383 g/mol. The summed E-state index contributed by atoms with van der Waals surface area (Å²) in [7, 11) is 2.02. The van der Waals surface area contributed by atoms with Gasteiger partial charge in [-0.2, -0.15) is 0 Å². The second-order valence-electron chi connectivity index (χ2n) is 6.47. The molecule has 3 heterocycles. The summed E-state index contributed by atoms with van der Waals surface area (Å²) >= 11 is 11.7. The Labute approximate surface area is 163 Å². The molecule has 0 amide bonds. The molecule has 0 aliphatic carbocycles. The van der Waals surface area contributed by atoms with Gasteiger partial charge in [0.2, 0.25) is 0 Å². The SMILES string of the molecule is Cc1cc(-n2cccc2[C@@H]2[C@H](c3ccccn3)NC(=S)N2C)ccc1Cl. The largest absolute Gasteiger partial charge is 0.352 e. The molecule has 4 rings (SSSR count). The predicted octanol–water partition coefficient (Wildman–Crippen LogP) is 4.44. The van der Waals surface area contributed by atoms with Gasteiger partial charge in [0.05, 0.1) is 17.8 Å². The Morgan fingerprint density at radius 3 is 2.73 bits per heavy atom. The van der Waals surface area contributed by atoms with E-state index < -0.39 is 0 Å². The van der Waals surface area contributed by atoms with Gasteiger partial charge in [-0.25, -0.2) is 0 Å². The first-order valence-electron chi connectivity index (χ1n) is 8.44. The Morgan fingerprint density at radius 1 is 1.15 bits per heavy atom. The van der Waals surface area contributed by atoms with Crippen LogP contribution < -0.4 is 5.32 Å². The molecule has 1 saturated heterocycles. The third-order valence-electron chi connectivity index (χ3n) is 4.84. The number of halogens is 1. The Hall–Kier alpha value is -2.37. The maximum Gasteiger partial charge on any atom is 0.169 e. The molecule has 1 aromatic carbocycles. The molecular weight excluding hydrogens is 364 g/mol. The molecule has 1 fully saturated rings. The number of aryl methyl sites for hydroxylation is 1. The summed E-state index contributed by atoms with van der Waals surface area (Å²) in [5.74, 6) is 0. The Balaban J connectivity index is 1.80. The van der Waals surface area contributed by atoms with Crippen LogP contribution in [-0.4, -0.2) is 26.6 Å². The fourth-order valence-corrected chi connectivity index (χ4v) is 3.84. The molecule has 132 valence electrons. The van der Waals surface area contributed by atoms with E-state index in [-0.39, 0.29) is 12.1 Å². The highest BCUT2D eigenvalue weighted by Gasteiger charge is 2.39. The highest BCUT2D eigenvalue weighted by molar-refractivity contribution is 7.80. The van der Waals surface area contributed by atoms with E-state index in [4.69, 9.17) is 23.8 Å². The minimum absolute atomic E-state index is 0.00394. The summed E-state index contributed by atoms with van der Waals surface area (Å²) in [6, 6.07) is 16.3. The number of hydrogen-bond acceptors (Lipinski definition) is 2. The maximum absolute atomic E-state index is 6.20. The lowest BCUT2D eigenvalue weighted by Crippen LogP contribution is -2.25. The van der Waals surface area contributed by atoms with Gasteiger partial charge in [-0.05, 0) is 67.2 Å². The second kappa shape index (κ2) is 6.74. The van der Waals surface area contributed by atoms with Gasteiger partial charge < -0.3 is 14.8 Å². The summed E-state index contributed by atoms with van der Waals surface area (Å²) in [5.41, 5.74) is 4.26. The highest BCUT2D eigenvalue weighted by atomic mass is 35.5. The summed E-state index contributed by atoms with van der Waals surface area (Å²) in [6.45, 7) is 2.02. The first-order valence-corrected chi connectivity index (χ1v) is 9.23. The zero-order valence-electron chi connectivity index (χ0n) is 14.6. The Bertz CT molecular complexity index is 953. The van der Waals surface area contributed by atoms with E-state index in [0.29, 0.717) is 0 Å². The number of nitrogens with one attached hydrogen (secondary N) is 1. The summed E-state index contributed by atoms with van der Waals surface area (Å²) in [5, 5.41) is 4.92. The summed E-state index contributed by atoms with van der Waals surface area (Å²) in [6.07, 6.45) is 3.89. The van der Waals surface area contributed by atoms with Crippen molar-refractivity contribution in [3.05, 3.63) is 82.9 Å². The minimum Gasteiger partial charge on any atom is -0.352 e. The van der Waals surface area contributed by atoms with Crippen LogP contribution >= 0.6 is 23.8 Å². The molecule has 26 heavy (non-hydrogen) atoms. The molecule has 0 radical (unpaired) electrons. The lowest BCUT2D eigenvalue weighted by molar-refractivity contribution is 0.357. The van der Waals surface area contributed by atoms with Crippen LogP contribution in [0, 0.1) is 6.92 Å². The van der Waals surface area contributed by atoms with Crippen molar-refractivity contribution < 1.29 is 0 Å². The smallest absolute Gasteiger partial charge is 0.169 e. The number of benzene rings is 1. The van der Waals surface area contributed by atoms with Crippen molar-refractivity contribution in [2.75, 3.05) is 7.05 Å². The van der Waals surface area contributed by atoms with Crippen molar-refractivity contribution >= 4 is 28.9 Å². The van der Waals surface area contributed by atoms with E-state index >= 15 is 0 Å². The Kier molecular flexibility index (Phi) is 4.42. The van der Waals surface area contributed by atoms with Crippen molar-refractivity contribution in [3.8, 4) is 5.69 Å². The lowest BCUT2D eigenvalue weighted by atomic mass is 10.0. The van der Waals surface area contributed by atoms with Gasteiger partial charge in [-0.3, -0.25) is 4.98 Å². The third-order valence-corrected chi connectivity index (χ3v) is 5.67. The van der Waals surface area contributed by atoms with Gasteiger partial charge in [-0.15, -0.1) is 0 Å². The minimum atomic E-state index is -0.00394.